The van der Waals surface area contributed by atoms with Gasteiger partial charge in [0.2, 0.25) is 0 Å². The molecule has 1 atom stereocenters. The number of hydrogen-bond acceptors (Lipinski definition) is 3. The Morgan fingerprint density at radius 1 is 0.920 bits per heavy atom. The van der Waals surface area contributed by atoms with E-state index in [-0.39, 0.29) is 25.1 Å². The molecule has 0 spiro atoms. The van der Waals surface area contributed by atoms with Gasteiger partial charge >= 0.3 is 0 Å². The lowest BCUT2D eigenvalue weighted by Gasteiger charge is -2.35. The average molecular weight is 357 g/mol. The number of benzene rings is 3. The zero-order valence-corrected chi connectivity index (χ0v) is 15.1. The van der Waals surface area contributed by atoms with Crippen LogP contribution in [0.25, 0.3) is 21.5 Å². The first-order valence-electron chi connectivity index (χ1n) is 8.84. The largest absolute Gasteiger partial charge is 0.396 e. The van der Waals surface area contributed by atoms with Gasteiger partial charge in [-0.25, -0.2) is 0 Å². The number of aliphatic hydroxyl groups is 1. The van der Waals surface area contributed by atoms with Crippen LogP contribution in [0.15, 0.2) is 54.6 Å². The molecule has 3 aromatic rings. The van der Waals surface area contributed by atoms with E-state index in [1.54, 1.807) is 0 Å². The van der Waals surface area contributed by atoms with Gasteiger partial charge in [-0.05, 0) is 39.6 Å². The summed E-state index contributed by atoms with van der Waals surface area (Å²) < 4.78 is 0. The van der Waals surface area contributed by atoms with E-state index < -0.39 is 0 Å². The van der Waals surface area contributed by atoms with Crippen LogP contribution in [0.4, 0.5) is 0 Å². The van der Waals surface area contributed by atoms with Crippen LogP contribution in [-0.4, -0.2) is 42.8 Å². The van der Waals surface area contributed by atoms with E-state index in [2.05, 4.69) is 64.8 Å². The Morgan fingerprint density at radius 3 is 2.28 bits per heavy atom. The lowest BCUT2D eigenvalue weighted by Crippen LogP contribution is -2.45. The standard InChI is InChI=1S/C21H24N2O.ClH/c24-14-9-21(23-12-10-22-11-13-23)20-15-16-5-1-2-6-17(16)18-7-3-4-8-19(18)20;/h1-8,15,21-22,24H,9-14H2;1H/t21-;/m1./s1. The monoisotopic (exact) mass is 356 g/mol. The maximum absolute atomic E-state index is 9.67. The quantitative estimate of drug-likeness (QED) is 0.699. The number of halogens is 1. The smallest absolute Gasteiger partial charge is 0.0449 e. The van der Waals surface area contributed by atoms with Gasteiger partial charge in [0.05, 0.1) is 0 Å². The van der Waals surface area contributed by atoms with Gasteiger partial charge in [-0.2, -0.15) is 0 Å². The minimum Gasteiger partial charge on any atom is -0.396 e. The minimum absolute atomic E-state index is 0. The molecular weight excluding hydrogens is 332 g/mol. The van der Waals surface area contributed by atoms with Crippen molar-refractivity contribution >= 4 is 34.0 Å². The highest BCUT2D eigenvalue weighted by atomic mass is 35.5. The van der Waals surface area contributed by atoms with Gasteiger partial charge in [-0.1, -0.05) is 48.5 Å². The van der Waals surface area contributed by atoms with Gasteiger partial charge in [0.25, 0.3) is 0 Å². The topological polar surface area (TPSA) is 35.5 Å². The highest BCUT2D eigenvalue weighted by Crippen LogP contribution is 2.35. The third-order valence-corrected chi connectivity index (χ3v) is 5.15. The highest BCUT2D eigenvalue weighted by Gasteiger charge is 2.23. The first-order chi connectivity index (χ1) is 11.9. The lowest BCUT2D eigenvalue weighted by atomic mass is 9.91. The molecule has 0 aromatic heterocycles. The lowest BCUT2D eigenvalue weighted by molar-refractivity contribution is 0.142. The Morgan fingerprint density at radius 2 is 1.56 bits per heavy atom. The van der Waals surface area contributed by atoms with E-state index in [1.807, 2.05) is 0 Å². The second kappa shape index (κ2) is 8.15. The molecule has 3 aromatic carbocycles. The van der Waals surface area contributed by atoms with Crippen molar-refractivity contribution in [1.82, 2.24) is 10.2 Å². The predicted octanol–water partition coefficient (Wildman–Crippen LogP) is 3.74. The first kappa shape index (κ1) is 18.2. The summed E-state index contributed by atoms with van der Waals surface area (Å²) in [5, 5.41) is 18.3. The predicted molar refractivity (Wildman–Crippen MR) is 108 cm³/mol. The SMILES string of the molecule is Cl.OCC[C@H](c1cc2ccccc2c2ccccc12)N1CCNCC1. The number of rotatable bonds is 4. The molecule has 0 saturated carbocycles. The van der Waals surface area contributed by atoms with Crippen molar-refractivity contribution in [2.75, 3.05) is 32.8 Å². The summed E-state index contributed by atoms with van der Waals surface area (Å²) in [6, 6.07) is 19.9. The van der Waals surface area contributed by atoms with Gasteiger partial charge in [-0.15, -0.1) is 12.4 Å². The van der Waals surface area contributed by atoms with E-state index in [1.165, 1.54) is 27.1 Å². The summed E-state index contributed by atoms with van der Waals surface area (Å²) in [6.45, 7) is 4.33. The molecule has 2 N–H and O–H groups in total. The fraction of sp³-hybridized carbons (Fsp3) is 0.333. The number of piperazine rings is 1. The fourth-order valence-electron chi connectivity index (χ4n) is 4.01. The maximum Gasteiger partial charge on any atom is 0.0449 e. The molecule has 0 bridgehead atoms. The fourth-order valence-corrected chi connectivity index (χ4v) is 4.01. The zero-order valence-electron chi connectivity index (χ0n) is 14.3. The molecule has 4 rings (SSSR count). The summed E-state index contributed by atoms with van der Waals surface area (Å²) >= 11 is 0. The maximum atomic E-state index is 9.67. The number of nitrogens with zero attached hydrogens (tertiary/aromatic N) is 1. The van der Waals surface area contributed by atoms with Gasteiger partial charge in [0, 0.05) is 38.8 Å². The average Bonchev–Trinajstić information content (AvgIpc) is 2.66. The van der Waals surface area contributed by atoms with Gasteiger partial charge < -0.3 is 10.4 Å². The van der Waals surface area contributed by atoms with Gasteiger partial charge in [0.1, 0.15) is 0 Å². The molecule has 4 heteroatoms. The van der Waals surface area contributed by atoms with Crippen molar-refractivity contribution in [2.45, 2.75) is 12.5 Å². The van der Waals surface area contributed by atoms with Crippen molar-refractivity contribution in [1.29, 1.82) is 0 Å². The molecule has 1 aliphatic heterocycles. The third-order valence-electron chi connectivity index (χ3n) is 5.15. The molecule has 1 heterocycles. The van der Waals surface area contributed by atoms with E-state index in [4.69, 9.17) is 0 Å². The van der Waals surface area contributed by atoms with Gasteiger partial charge in [-0.3, -0.25) is 4.90 Å². The molecule has 132 valence electrons. The Bertz CT molecular complexity index is 846. The van der Waals surface area contributed by atoms with Crippen LogP contribution in [0.2, 0.25) is 0 Å². The second-order valence-corrected chi connectivity index (χ2v) is 6.55. The third kappa shape index (κ3) is 3.51. The van der Waals surface area contributed by atoms with Crippen molar-refractivity contribution in [3.05, 3.63) is 60.2 Å². The van der Waals surface area contributed by atoms with Crippen LogP contribution in [0.1, 0.15) is 18.0 Å². The molecule has 0 unspecified atom stereocenters. The summed E-state index contributed by atoms with van der Waals surface area (Å²) in [4.78, 5) is 2.52. The molecule has 0 aliphatic carbocycles. The molecule has 0 amide bonds. The van der Waals surface area contributed by atoms with Crippen LogP contribution in [0.5, 0.6) is 0 Å². The number of fused-ring (bicyclic) bond motifs is 3. The highest BCUT2D eigenvalue weighted by molar-refractivity contribution is 6.09. The van der Waals surface area contributed by atoms with Crippen LogP contribution in [0, 0.1) is 0 Å². The van der Waals surface area contributed by atoms with Crippen molar-refractivity contribution in [3.8, 4) is 0 Å². The van der Waals surface area contributed by atoms with E-state index in [9.17, 15) is 5.11 Å². The summed E-state index contributed by atoms with van der Waals surface area (Å²) in [5.74, 6) is 0. The molecule has 1 saturated heterocycles. The summed E-state index contributed by atoms with van der Waals surface area (Å²) in [7, 11) is 0. The number of nitrogens with one attached hydrogen (secondary N) is 1. The van der Waals surface area contributed by atoms with E-state index >= 15 is 0 Å². The molecular formula is C21H25ClN2O. The van der Waals surface area contributed by atoms with Gasteiger partial charge in [0.15, 0.2) is 0 Å². The summed E-state index contributed by atoms with van der Waals surface area (Å²) in [5.41, 5.74) is 1.35. The molecule has 0 radical (unpaired) electrons. The van der Waals surface area contributed by atoms with Crippen LogP contribution in [0.3, 0.4) is 0 Å². The van der Waals surface area contributed by atoms with E-state index in [0.717, 1.165) is 32.6 Å². The Labute approximate surface area is 155 Å². The van der Waals surface area contributed by atoms with Crippen molar-refractivity contribution in [2.24, 2.45) is 0 Å². The van der Waals surface area contributed by atoms with E-state index in [0.29, 0.717) is 0 Å². The van der Waals surface area contributed by atoms with Crippen molar-refractivity contribution in [3.63, 3.8) is 0 Å². The normalized spacial score (nSPS) is 16.7. The molecule has 1 fully saturated rings. The first-order valence-corrected chi connectivity index (χ1v) is 8.84. The van der Waals surface area contributed by atoms with Crippen LogP contribution < -0.4 is 5.32 Å². The summed E-state index contributed by atoms with van der Waals surface area (Å²) in [6.07, 6.45) is 0.780. The molecule has 25 heavy (non-hydrogen) atoms. The van der Waals surface area contributed by atoms with Crippen LogP contribution >= 0.6 is 12.4 Å². The zero-order chi connectivity index (χ0) is 16.4. The van der Waals surface area contributed by atoms with Crippen LogP contribution in [-0.2, 0) is 0 Å². The Balaban J connectivity index is 0.00000182. The molecule has 3 nitrogen and oxygen atoms in total. The van der Waals surface area contributed by atoms with Crippen molar-refractivity contribution < 1.29 is 5.11 Å². The molecule has 1 aliphatic rings. The number of aliphatic hydroxyl groups excluding tert-OH is 1. The minimum atomic E-state index is 0. The second-order valence-electron chi connectivity index (χ2n) is 6.55. The Kier molecular flexibility index (Phi) is 5.92. The number of hydrogen-bond donors (Lipinski definition) is 2. The Hall–Kier alpha value is -1.65.